The average molecular weight is 378 g/mol. The van der Waals surface area contributed by atoms with Crippen LogP contribution in [0.15, 0.2) is 48.5 Å². The molecule has 4 aromatic rings. The first-order valence-corrected chi connectivity index (χ1v) is 9.46. The van der Waals surface area contributed by atoms with Gasteiger partial charge in [-0.05, 0) is 38.1 Å². The Morgan fingerprint density at radius 1 is 1.11 bits per heavy atom. The largest absolute Gasteiger partial charge is 0.283 e. The quantitative estimate of drug-likeness (QED) is 0.532. The predicted octanol–water partition coefficient (Wildman–Crippen LogP) is 3.31. The Kier molecular flexibility index (Phi) is 4.64. The lowest BCUT2D eigenvalue weighted by atomic mass is 10.1. The van der Waals surface area contributed by atoms with E-state index in [1.807, 2.05) is 62.4 Å². The van der Waals surface area contributed by atoms with Crippen LogP contribution in [0.3, 0.4) is 0 Å². The number of carbonyl (C=O) groups excluding carboxylic acids is 1. The molecule has 0 aliphatic rings. The maximum absolute atomic E-state index is 12.9. The highest BCUT2D eigenvalue weighted by Gasteiger charge is 2.20. The summed E-state index contributed by atoms with van der Waals surface area (Å²) in [6, 6.07) is 15.3. The van der Waals surface area contributed by atoms with Gasteiger partial charge in [-0.3, -0.25) is 9.69 Å². The van der Waals surface area contributed by atoms with Gasteiger partial charge in [0.1, 0.15) is 10.5 Å². The highest BCUT2D eigenvalue weighted by Crippen LogP contribution is 2.23. The van der Waals surface area contributed by atoms with Gasteiger partial charge in [0.2, 0.25) is 5.13 Å². The Bertz CT molecular complexity index is 1100. The minimum absolute atomic E-state index is 0.0740. The molecule has 136 valence electrons. The van der Waals surface area contributed by atoms with E-state index in [0.29, 0.717) is 23.8 Å². The fraction of sp³-hybridized carbons (Fsp3) is 0.211. The summed E-state index contributed by atoms with van der Waals surface area (Å²) in [6.45, 7) is 4.89. The number of fused-ring (bicyclic) bond motifs is 1. The molecule has 0 aliphatic carbocycles. The first-order valence-electron chi connectivity index (χ1n) is 8.65. The monoisotopic (exact) mass is 378 g/mol. The first kappa shape index (κ1) is 17.3. The molecule has 0 saturated heterocycles. The minimum Gasteiger partial charge on any atom is -0.283 e. The summed E-state index contributed by atoms with van der Waals surface area (Å²) in [5.74, 6) is -0.0740. The second kappa shape index (κ2) is 7.24. The molecule has 0 saturated carbocycles. The lowest BCUT2D eigenvalue weighted by Gasteiger charge is -2.17. The van der Waals surface area contributed by atoms with Gasteiger partial charge in [-0.25, -0.2) is 4.68 Å². The molecule has 4 rings (SSSR count). The Balaban J connectivity index is 1.58. The van der Waals surface area contributed by atoms with Crippen LogP contribution in [0, 0.1) is 6.92 Å². The van der Waals surface area contributed by atoms with Crippen LogP contribution in [0.4, 0.5) is 5.13 Å². The Morgan fingerprint density at radius 3 is 2.78 bits per heavy atom. The predicted molar refractivity (Wildman–Crippen MR) is 105 cm³/mol. The third kappa shape index (κ3) is 3.43. The number of anilines is 1. The number of benzene rings is 2. The molecule has 7 nitrogen and oxygen atoms in total. The Labute approximate surface area is 160 Å². The molecule has 2 aromatic heterocycles. The van der Waals surface area contributed by atoms with Gasteiger partial charge in [0.15, 0.2) is 0 Å². The van der Waals surface area contributed by atoms with E-state index in [9.17, 15) is 4.79 Å². The number of hydrogen-bond donors (Lipinski definition) is 0. The molecule has 0 spiro atoms. The number of hydrogen-bond acceptors (Lipinski definition) is 6. The number of rotatable bonds is 5. The fourth-order valence-electron chi connectivity index (χ4n) is 2.88. The van der Waals surface area contributed by atoms with Gasteiger partial charge in [0, 0.05) is 12.1 Å². The van der Waals surface area contributed by atoms with Crippen LogP contribution >= 0.6 is 11.3 Å². The minimum atomic E-state index is -0.0740. The van der Waals surface area contributed by atoms with E-state index < -0.39 is 0 Å². The van der Waals surface area contributed by atoms with Crippen molar-refractivity contribution in [2.75, 3.05) is 11.4 Å². The van der Waals surface area contributed by atoms with E-state index in [1.165, 1.54) is 11.3 Å². The highest BCUT2D eigenvalue weighted by atomic mass is 32.1. The van der Waals surface area contributed by atoms with E-state index >= 15 is 0 Å². The summed E-state index contributed by atoms with van der Waals surface area (Å²) in [6.07, 6.45) is 0. The molecule has 2 heterocycles. The second-order valence-electron chi connectivity index (χ2n) is 6.13. The molecule has 0 fully saturated rings. The Morgan fingerprint density at radius 2 is 1.96 bits per heavy atom. The number of aryl methyl sites for hydroxylation is 1. The molecule has 0 N–H and O–H groups in total. The summed E-state index contributed by atoms with van der Waals surface area (Å²) in [7, 11) is 0. The zero-order valence-corrected chi connectivity index (χ0v) is 15.8. The third-order valence-electron chi connectivity index (χ3n) is 4.22. The average Bonchev–Trinajstić information content (AvgIpc) is 3.30. The van der Waals surface area contributed by atoms with Crippen LogP contribution in [0.25, 0.3) is 11.0 Å². The van der Waals surface area contributed by atoms with Crippen molar-refractivity contribution in [3.05, 3.63) is 64.7 Å². The SMILES string of the molecule is CCN(C(=O)c1cccc(C)c1)c1nnc(Cn2nnc3ccccc32)s1. The van der Waals surface area contributed by atoms with E-state index in [-0.39, 0.29) is 5.91 Å². The van der Waals surface area contributed by atoms with Gasteiger partial charge in [-0.2, -0.15) is 0 Å². The zero-order chi connectivity index (χ0) is 18.8. The van der Waals surface area contributed by atoms with Crippen LogP contribution in [0.5, 0.6) is 0 Å². The molecule has 2 aromatic carbocycles. The molecule has 8 heteroatoms. The van der Waals surface area contributed by atoms with E-state index in [1.54, 1.807) is 9.58 Å². The normalized spacial score (nSPS) is 11.0. The van der Waals surface area contributed by atoms with Gasteiger partial charge in [0.25, 0.3) is 5.91 Å². The molecule has 27 heavy (non-hydrogen) atoms. The van der Waals surface area contributed by atoms with Crippen molar-refractivity contribution in [2.24, 2.45) is 0 Å². The maximum Gasteiger partial charge on any atom is 0.260 e. The zero-order valence-electron chi connectivity index (χ0n) is 15.0. The van der Waals surface area contributed by atoms with Gasteiger partial charge < -0.3 is 0 Å². The van der Waals surface area contributed by atoms with Crippen molar-refractivity contribution in [1.29, 1.82) is 0 Å². The number of aromatic nitrogens is 5. The van der Waals surface area contributed by atoms with Crippen LogP contribution in [0.1, 0.15) is 27.9 Å². The van der Waals surface area contributed by atoms with Crippen LogP contribution in [0.2, 0.25) is 0 Å². The van der Waals surface area contributed by atoms with Crippen LogP contribution < -0.4 is 4.90 Å². The number of carbonyl (C=O) groups is 1. The smallest absolute Gasteiger partial charge is 0.260 e. The van der Waals surface area contributed by atoms with Crippen molar-refractivity contribution in [3.8, 4) is 0 Å². The summed E-state index contributed by atoms with van der Waals surface area (Å²) in [4.78, 5) is 14.5. The standard InChI is InChI=1S/C19H18N6OS/c1-3-24(18(26)14-8-6-7-13(2)11-14)19-22-21-17(27-19)12-25-16-10-5-4-9-15(16)20-23-25/h4-11H,3,12H2,1-2H3. The maximum atomic E-state index is 12.9. The molecule has 0 unspecified atom stereocenters. The Hall–Kier alpha value is -3.13. The first-order chi connectivity index (χ1) is 13.2. The van der Waals surface area contributed by atoms with Gasteiger partial charge >= 0.3 is 0 Å². The lowest BCUT2D eigenvalue weighted by molar-refractivity contribution is 0.0988. The van der Waals surface area contributed by atoms with Crippen molar-refractivity contribution >= 4 is 33.4 Å². The third-order valence-corrected chi connectivity index (χ3v) is 5.15. The molecule has 0 bridgehead atoms. The number of para-hydroxylation sites is 1. The van der Waals surface area contributed by atoms with E-state index in [0.717, 1.165) is 21.6 Å². The second-order valence-corrected chi connectivity index (χ2v) is 7.17. The molecular weight excluding hydrogens is 360 g/mol. The highest BCUT2D eigenvalue weighted by molar-refractivity contribution is 7.15. The van der Waals surface area contributed by atoms with Crippen molar-refractivity contribution in [3.63, 3.8) is 0 Å². The van der Waals surface area contributed by atoms with Crippen LogP contribution in [-0.2, 0) is 6.54 Å². The topological polar surface area (TPSA) is 76.8 Å². The molecule has 0 atom stereocenters. The van der Waals surface area contributed by atoms with Crippen molar-refractivity contribution in [1.82, 2.24) is 25.2 Å². The van der Waals surface area contributed by atoms with Crippen LogP contribution in [-0.4, -0.2) is 37.6 Å². The van der Waals surface area contributed by atoms with E-state index in [2.05, 4.69) is 20.5 Å². The molecule has 1 amide bonds. The van der Waals surface area contributed by atoms with Gasteiger partial charge in [0.05, 0.1) is 12.1 Å². The van der Waals surface area contributed by atoms with Gasteiger partial charge in [-0.15, -0.1) is 15.3 Å². The molecule has 0 radical (unpaired) electrons. The fourth-order valence-corrected chi connectivity index (χ4v) is 3.76. The summed E-state index contributed by atoms with van der Waals surface area (Å²) in [5.41, 5.74) is 3.48. The van der Waals surface area contributed by atoms with Crippen molar-refractivity contribution < 1.29 is 4.79 Å². The molecular formula is C19H18N6OS. The van der Waals surface area contributed by atoms with Gasteiger partial charge in [-0.1, -0.05) is 46.4 Å². The molecule has 0 aliphatic heterocycles. The number of nitrogens with zero attached hydrogens (tertiary/aromatic N) is 6. The lowest BCUT2D eigenvalue weighted by Crippen LogP contribution is -2.30. The summed E-state index contributed by atoms with van der Waals surface area (Å²) < 4.78 is 1.79. The summed E-state index contributed by atoms with van der Waals surface area (Å²) >= 11 is 1.39. The van der Waals surface area contributed by atoms with Crippen molar-refractivity contribution in [2.45, 2.75) is 20.4 Å². The van der Waals surface area contributed by atoms with E-state index in [4.69, 9.17) is 0 Å². The summed E-state index contributed by atoms with van der Waals surface area (Å²) in [5, 5.41) is 18.2. The number of amides is 1.